The quantitative estimate of drug-likeness (QED) is 0.802. The first-order valence-electron chi connectivity index (χ1n) is 7.18. The van der Waals surface area contributed by atoms with Crippen molar-refractivity contribution in [1.29, 1.82) is 0 Å². The first-order valence-corrected chi connectivity index (χ1v) is 7.18. The number of methoxy groups -OCH3 is 2. The van der Waals surface area contributed by atoms with E-state index in [0.29, 0.717) is 23.9 Å². The maximum atomic E-state index is 5.79. The molecule has 2 rings (SSSR count). The average molecular weight is 258 g/mol. The van der Waals surface area contributed by atoms with Crippen molar-refractivity contribution < 1.29 is 9.47 Å². The maximum Gasteiger partial charge on any atom is 0.0505 e. The molecule has 0 amide bonds. The highest BCUT2D eigenvalue weighted by atomic mass is 16.5. The predicted octanol–water partition coefficient (Wildman–Crippen LogP) is 1.52. The van der Waals surface area contributed by atoms with Crippen LogP contribution in [0.25, 0.3) is 0 Å². The molecule has 4 nitrogen and oxygen atoms in total. The lowest BCUT2D eigenvalue weighted by Crippen LogP contribution is -2.27. The molecule has 0 saturated heterocycles. The Balaban J connectivity index is 0.000000180. The summed E-state index contributed by atoms with van der Waals surface area (Å²) < 4.78 is 10.0. The van der Waals surface area contributed by atoms with E-state index in [1.165, 1.54) is 38.5 Å². The minimum absolute atomic E-state index is 0.407. The molecule has 108 valence electrons. The maximum absolute atomic E-state index is 5.79. The van der Waals surface area contributed by atoms with Crippen LogP contribution in [0.2, 0.25) is 0 Å². The van der Waals surface area contributed by atoms with E-state index in [2.05, 4.69) is 0 Å². The highest BCUT2D eigenvalue weighted by Gasteiger charge is 2.23. The molecule has 2 saturated carbocycles. The van der Waals surface area contributed by atoms with Crippen LogP contribution in [0.3, 0.4) is 0 Å². The summed E-state index contributed by atoms with van der Waals surface area (Å²) >= 11 is 0. The minimum Gasteiger partial charge on any atom is -0.384 e. The molecule has 0 aromatic rings. The second kappa shape index (κ2) is 8.86. The molecule has 0 bridgehead atoms. The van der Waals surface area contributed by atoms with Gasteiger partial charge in [0.05, 0.1) is 13.2 Å². The molecule has 2 aliphatic rings. The highest BCUT2D eigenvalue weighted by Crippen LogP contribution is 2.24. The zero-order chi connectivity index (χ0) is 13.4. The third kappa shape index (κ3) is 5.22. The zero-order valence-corrected chi connectivity index (χ0v) is 11.9. The van der Waals surface area contributed by atoms with Gasteiger partial charge in [0, 0.05) is 26.3 Å². The summed E-state index contributed by atoms with van der Waals surface area (Å²) in [5, 5.41) is 0. The molecular weight excluding hydrogens is 228 g/mol. The van der Waals surface area contributed by atoms with Crippen molar-refractivity contribution >= 4 is 0 Å². The Bertz CT molecular complexity index is 192. The molecule has 0 heterocycles. The Morgan fingerprint density at radius 2 is 1.17 bits per heavy atom. The average Bonchev–Trinajstić information content (AvgIpc) is 2.92. The number of ether oxygens (including phenoxy) is 2. The van der Waals surface area contributed by atoms with Crippen molar-refractivity contribution in [3.05, 3.63) is 0 Å². The van der Waals surface area contributed by atoms with Crippen LogP contribution in [-0.4, -0.2) is 39.5 Å². The van der Waals surface area contributed by atoms with Gasteiger partial charge >= 0.3 is 0 Å². The summed E-state index contributed by atoms with van der Waals surface area (Å²) in [6.07, 6.45) is 7.47. The van der Waals surface area contributed by atoms with E-state index in [-0.39, 0.29) is 0 Å². The molecule has 2 aliphatic carbocycles. The van der Waals surface area contributed by atoms with Crippen molar-refractivity contribution in [3.63, 3.8) is 0 Å². The molecule has 2 fully saturated rings. The summed E-state index contributed by atoms with van der Waals surface area (Å²) in [5.41, 5.74) is 11.6. The van der Waals surface area contributed by atoms with Gasteiger partial charge in [-0.05, 0) is 37.5 Å². The zero-order valence-electron chi connectivity index (χ0n) is 11.9. The first kappa shape index (κ1) is 15.9. The largest absolute Gasteiger partial charge is 0.384 e. The van der Waals surface area contributed by atoms with Gasteiger partial charge in [0.1, 0.15) is 0 Å². The smallest absolute Gasteiger partial charge is 0.0505 e. The summed E-state index contributed by atoms with van der Waals surface area (Å²) in [6, 6.07) is 0.815. The van der Waals surface area contributed by atoms with Crippen molar-refractivity contribution in [2.24, 2.45) is 23.3 Å². The molecule has 0 unspecified atom stereocenters. The molecule has 0 aromatic carbocycles. The van der Waals surface area contributed by atoms with E-state index < -0.39 is 0 Å². The van der Waals surface area contributed by atoms with Crippen LogP contribution in [0, 0.1) is 11.8 Å². The van der Waals surface area contributed by atoms with Gasteiger partial charge in [-0.3, -0.25) is 0 Å². The van der Waals surface area contributed by atoms with Crippen LogP contribution in [0.4, 0.5) is 0 Å². The van der Waals surface area contributed by atoms with Gasteiger partial charge in [-0.15, -0.1) is 0 Å². The van der Waals surface area contributed by atoms with Gasteiger partial charge in [0.15, 0.2) is 0 Å². The lowest BCUT2D eigenvalue weighted by molar-refractivity contribution is 0.148. The lowest BCUT2D eigenvalue weighted by atomic mass is 10.1. The molecule has 4 atom stereocenters. The standard InChI is InChI=1S/2C7H15NO/c2*1-9-5-6-3-2-4-7(6)8/h2*6-7H,2-5,8H2,1H3/t2*6-,7-/m10/s1. The van der Waals surface area contributed by atoms with Crippen molar-refractivity contribution in [1.82, 2.24) is 0 Å². The van der Waals surface area contributed by atoms with Crippen molar-refractivity contribution in [2.45, 2.75) is 50.6 Å². The molecule has 0 aliphatic heterocycles. The van der Waals surface area contributed by atoms with Crippen LogP contribution in [-0.2, 0) is 9.47 Å². The molecule has 0 radical (unpaired) electrons. The summed E-state index contributed by atoms with van der Waals surface area (Å²) in [6.45, 7) is 1.70. The monoisotopic (exact) mass is 258 g/mol. The number of nitrogens with two attached hydrogens (primary N) is 2. The van der Waals surface area contributed by atoms with E-state index in [0.717, 1.165) is 13.2 Å². The Labute approximate surface area is 111 Å². The van der Waals surface area contributed by atoms with Gasteiger partial charge in [0.25, 0.3) is 0 Å². The van der Waals surface area contributed by atoms with Crippen LogP contribution < -0.4 is 11.5 Å². The van der Waals surface area contributed by atoms with E-state index in [1.54, 1.807) is 14.2 Å². The number of hydrogen-bond acceptors (Lipinski definition) is 4. The van der Waals surface area contributed by atoms with E-state index in [4.69, 9.17) is 20.9 Å². The van der Waals surface area contributed by atoms with Crippen molar-refractivity contribution in [2.75, 3.05) is 27.4 Å². The van der Waals surface area contributed by atoms with Crippen LogP contribution in [0.5, 0.6) is 0 Å². The fourth-order valence-electron chi connectivity index (χ4n) is 2.97. The Morgan fingerprint density at radius 3 is 1.39 bits per heavy atom. The summed E-state index contributed by atoms with van der Waals surface area (Å²) in [4.78, 5) is 0. The van der Waals surface area contributed by atoms with Gasteiger partial charge in [-0.1, -0.05) is 12.8 Å². The summed E-state index contributed by atoms with van der Waals surface area (Å²) in [7, 11) is 3.48. The lowest BCUT2D eigenvalue weighted by Gasteiger charge is -2.12. The van der Waals surface area contributed by atoms with E-state index in [9.17, 15) is 0 Å². The Morgan fingerprint density at radius 1 is 0.778 bits per heavy atom. The fourth-order valence-corrected chi connectivity index (χ4v) is 2.97. The summed E-state index contributed by atoms with van der Waals surface area (Å²) in [5.74, 6) is 1.27. The van der Waals surface area contributed by atoms with Gasteiger partial charge in [-0.25, -0.2) is 0 Å². The number of rotatable bonds is 4. The van der Waals surface area contributed by atoms with Gasteiger partial charge in [0.2, 0.25) is 0 Å². The molecule has 18 heavy (non-hydrogen) atoms. The molecule has 0 spiro atoms. The number of hydrogen-bond donors (Lipinski definition) is 2. The van der Waals surface area contributed by atoms with Crippen molar-refractivity contribution in [3.8, 4) is 0 Å². The minimum atomic E-state index is 0.407. The Kier molecular flexibility index (Phi) is 7.82. The van der Waals surface area contributed by atoms with Crippen LogP contribution in [0.15, 0.2) is 0 Å². The van der Waals surface area contributed by atoms with E-state index in [1.807, 2.05) is 0 Å². The predicted molar refractivity (Wildman–Crippen MR) is 74.4 cm³/mol. The highest BCUT2D eigenvalue weighted by molar-refractivity contribution is 4.80. The molecular formula is C14H30N2O2. The molecule has 4 N–H and O–H groups in total. The second-order valence-electron chi connectivity index (χ2n) is 5.62. The SMILES string of the molecule is COC[C@@H]1CCC[C@@H]1N.COC[C@H]1CCC[C@H]1N. The first-order chi connectivity index (χ1) is 8.69. The normalized spacial score (nSPS) is 35.3. The van der Waals surface area contributed by atoms with E-state index >= 15 is 0 Å². The molecule has 0 aromatic heterocycles. The topological polar surface area (TPSA) is 70.5 Å². The third-order valence-corrected chi connectivity index (χ3v) is 4.20. The Hall–Kier alpha value is -0.160. The van der Waals surface area contributed by atoms with Crippen LogP contribution in [0.1, 0.15) is 38.5 Å². The second-order valence-corrected chi connectivity index (χ2v) is 5.62. The third-order valence-electron chi connectivity index (χ3n) is 4.20. The van der Waals surface area contributed by atoms with Gasteiger partial charge < -0.3 is 20.9 Å². The van der Waals surface area contributed by atoms with Gasteiger partial charge in [-0.2, -0.15) is 0 Å². The fraction of sp³-hybridized carbons (Fsp3) is 1.00. The van der Waals surface area contributed by atoms with Crippen LogP contribution >= 0.6 is 0 Å². The molecule has 4 heteroatoms.